The minimum atomic E-state index is -0.267. The van der Waals surface area contributed by atoms with E-state index in [2.05, 4.69) is 5.32 Å². The van der Waals surface area contributed by atoms with Gasteiger partial charge in [0.25, 0.3) is 0 Å². The molecule has 0 radical (unpaired) electrons. The maximum atomic E-state index is 11.8. The van der Waals surface area contributed by atoms with Crippen molar-refractivity contribution in [3.63, 3.8) is 0 Å². The molecule has 6 heteroatoms. The molecule has 0 aliphatic heterocycles. The first-order chi connectivity index (χ1) is 8.58. The number of amides is 1. The first-order valence-corrected chi connectivity index (χ1v) is 6.25. The van der Waals surface area contributed by atoms with Gasteiger partial charge in [-0.1, -0.05) is 23.5 Å². The summed E-state index contributed by atoms with van der Waals surface area (Å²) in [7, 11) is 0. The Balaban J connectivity index is 2.13. The minimum Gasteiger partial charge on any atom is -0.397 e. The van der Waals surface area contributed by atoms with E-state index in [1.165, 1.54) is 4.57 Å². The van der Waals surface area contributed by atoms with Gasteiger partial charge in [0.15, 0.2) is 0 Å². The van der Waals surface area contributed by atoms with Gasteiger partial charge in [-0.3, -0.25) is 14.2 Å². The quantitative estimate of drug-likeness (QED) is 0.823. The topological polar surface area (TPSA) is 77.1 Å². The third-order valence-electron chi connectivity index (χ3n) is 2.53. The molecular formula is C12H13N3O2S. The van der Waals surface area contributed by atoms with Gasteiger partial charge in [-0.25, -0.2) is 0 Å². The summed E-state index contributed by atoms with van der Waals surface area (Å²) in [6.07, 6.45) is 1.59. The van der Waals surface area contributed by atoms with Crippen LogP contribution >= 0.6 is 11.3 Å². The number of hydrogen-bond acceptors (Lipinski definition) is 4. The largest absolute Gasteiger partial charge is 0.397 e. The lowest BCUT2D eigenvalue weighted by molar-refractivity contribution is -0.116. The molecule has 94 valence electrons. The maximum Gasteiger partial charge on any atom is 0.307 e. The van der Waals surface area contributed by atoms with Gasteiger partial charge in [0.1, 0.15) is 6.54 Å². The highest BCUT2D eigenvalue weighted by atomic mass is 32.1. The summed E-state index contributed by atoms with van der Waals surface area (Å²) in [6.45, 7) is 1.86. The highest BCUT2D eigenvalue weighted by molar-refractivity contribution is 7.07. The number of nitrogens with zero attached hydrogens (tertiary/aromatic N) is 1. The molecule has 0 spiro atoms. The van der Waals surface area contributed by atoms with E-state index in [0.717, 1.165) is 16.9 Å². The van der Waals surface area contributed by atoms with Crippen molar-refractivity contribution in [1.29, 1.82) is 0 Å². The monoisotopic (exact) mass is 263 g/mol. The van der Waals surface area contributed by atoms with Gasteiger partial charge < -0.3 is 11.1 Å². The van der Waals surface area contributed by atoms with Gasteiger partial charge in [0, 0.05) is 11.6 Å². The molecular weight excluding hydrogens is 250 g/mol. The number of carbonyl (C=O) groups is 1. The Labute approximate surface area is 108 Å². The summed E-state index contributed by atoms with van der Waals surface area (Å²) < 4.78 is 1.36. The van der Waals surface area contributed by atoms with Crippen LogP contribution in [-0.4, -0.2) is 10.5 Å². The van der Waals surface area contributed by atoms with Crippen LogP contribution in [0.25, 0.3) is 0 Å². The number of hydrogen-bond donors (Lipinski definition) is 2. The van der Waals surface area contributed by atoms with E-state index in [1.807, 2.05) is 19.1 Å². The summed E-state index contributed by atoms with van der Waals surface area (Å²) in [5.74, 6) is -0.267. The number of para-hydroxylation sites is 1. The lowest BCUT2D eigenvalue weighted by Gasteiger charge is -2.11. The second-order valence-corrected chi connectivity index (χ2v) is 4.74. The van der Waals surface area contributed by atoms with Gasteiger partial charge in [-0.05, 0) is 18.6 Å². The normalized spacial score (nSPS) is 10.3. The smallest absolute Gasteiger partial charge is 0.307 e. The zero-order valence-corrected chi connectivity index (χ0v) is 10.7. The molecule has 0 aliphatic carbocycles. The van der Waals surface area contributed by atoms with Crippen molar-refractivity contribution in [1.82, 2.24) is 4.57 Å². The molecule has 0 aliphatic rings. The number of rotatable bonds is 3. The van der Waals surface area contributed by atoms with Crippen molar-refractivity contribution in [3.05, 3.63) is 45.0 Å². The number of thiazole rings is 1. The Kier molecular flexibility index (Phi) is 3.47. The number of anilines is 2. The standard InChI is InChI=1S/C12H13N3O2S/c1-8-3-2-4-9(13)11(8)14-10(16)7-15-5-6-18-12(15)17/h2-6H,7,13H2,1H3,(H,14,16). The SMILES string of the molecule is Cc1cccc(N)c1NC(=O)Cn1ccsc1=O. The zero-order valence-electron chi connectivity index (χ0n) is 9.84. The average Bonchev–Trinajstić information content (AvgIpc) is 2.70. The Morgan fingerprint density at radius 2 is 2.28 bits per heavy atom. The van der Waals surface area contributed by atoms with E-state index in [4.69, 9.17) is 5.73 Å². The molecule has 0 fully saturated rings. The van der Waals surface area contributed by atoms with E-state index in [0.29, 0.717) is 11.4 Å². The first-order valence-electron chi connectivity index (χ1n) is 5.37. The van der Waals surface area contributed by atoms with Crippen molar-refractivity contribution >= 4 is 28.6 Å². The zero-order chi connectivity index (χ0) is 13.1. The molecule has 5 nitrogen and oxygen atoms in total. The highest BCUT2D eigenvalue weighted by Crippen LogP contribution is 2.22. The van der Waals surface area contributed by atoms with Crippen molar-refractivity contribution in [2.75, 3.05) is 11.1 Å². The van der Waals surface area contributed by atoms with Crippen LogP contribution in [0.4, 0.5) is 11.4 Å². The Bertz CT molecular complexity index is 610. The van der Waals surface area contributed by atoms with Crippen LogP contribution in [0, 0.1) is 6.92 Å². The molecule has 1 aromatic carbocycles. The van der Waals surface area contributed by atoms with Crippen LogP contribution < -0.4 is 15.9 Å². The molecule has 0 bridgehead atoms. The summed E-state index contributed by atoms with van der Waals surface area (Å²) in [4.78, 5) is 23.0. The third-order valence-corrected chi connectivity index (χ3v) is 3.22. The van der Waals surface area contributed by atoms with Crippen LogP contribution in [0.3, 0.4) is 0 Å². The second-order valence-electron chi connectivity index (χ2n) is 3.88. The minimum absolute atomic E-state index is 0.00386. The summed E-state index contributed by atoms with van der Waals surface area (Å²) in [6, 6.07) is 5.41. The third kappa shape index (κ3) is 2.60. The fourth-order valence-electron chi connectivity index (χ4n) is 1.60. The van der Waals surface area contributed by atoms with Crippen LogP contribution in [0.1, 0.15) is 5.56 Å². The molecule has 0 atom stereocenters. The number of nitrogens with two attached hydrogens (primary N) is 1. The molecule has 0 saturated heterocycles. The molecule has 18 heavy (non-hydrogen) atoms. The number of nitrogens with one attached hydrogen (secondary N) is 1. The fraction of sp³-hybridized carbons (Fsp3) is 0.167. The Morgan fingerprint density at radius 1 is 1.50 bits per heavy atom. The van der Waals surface area contributed by atoms with E-state index in [1.54, 1.807) is 17.6 Å². The molecule has 3 N–H and O–H groups in total. The maximum absolute atomic E-state index is 11.8. The molecule has 0 saturated carbocycles. The van der Waals surface area contributed by atoms with Crippen molar-refractivity contribution < 1.29 is 4.79 Å². The predicted molar refractivity (Wildman–Crippen MR) is 72.8 cm³/mol. The molecule has 0 unspecified atom stereocenters. The number of carbonyl (C=O) groups excluding carboxylic acids is 1. The lowest BCUT2D eigenvalue weighted by atomic mass is 10.1. The van der Waals surface area contributed by atoms with Crippen molar-refractivity contribution in [2.24, 2.45) is 0 Å². The van der Waals surface area contributed by atoms with Crippen molar-refractivity contribution in [2.45, 2.75) is 13.5 Å². The Morgan fingerprint density at radius 3 is 2.89 bits per heavy atom. The number of nitrogen functional groups attached to an aromatic ring is 1. The number of aromatic nitrogens is 1. The summed E-state index contributed by atoms with van der Waals surface area (Å²) in [5.41, 5.74) is 7.80. The molecule has 1 amide bonds. The predicted octanol–water partition coefficient (Wildman–Crippen LogP) is 1.44. The van der Waals surface area contributed by atoms with Gasteiger partial charge in [-0.2, -0.15) is 0 Å². The average molecular weight is 263 g/mol. The van der Waals surface area contributed by atoms with Crippen LogP contribution in [0.5, 0.6) is 0 Å². The van der Waals surface area contributed by atoms with Crippen LogP contribution in [0.15, 0.2) is 34.6 Å². The highest BCUT2D eigenvalue weighted by Gasteiger charge is 2.09. The molecule has 2 aromatic rings. The fourth-order valence-corrected chi connectivity index (χ4v) is 2.19. The lowest BCUT2D eigenvalue weighted by Crippen LogP contribution is -2.24. The van der Waals surface area contributed by atoms with Crippen LogP contribution in [-0.2, 0) is 11.3 Å². The van der Waals surface area contributed by atoms with Gasteiger partial charge in [-0.15, -0.1) is 0 Å². The molecule has 2 rings (SSSR count). The van der Waals surface area contributed by atoms with E-state index in [-0.39, 0.29) is 17.3 Å². The van der Waals surface area contributed by atoms with E-state index in [9.17, 15) is 9.59 Å². The first kappa shape index (κ1) is 12.4. The second kappa shape index (κ2) is 5.05. The van der Waals surface area contributed by atoms with Crippen LogP contribution in [0.2, 0.25) is 0 Å². The van der Waals surface area contributed by atoms with E-state index >= 15 is 0 Å². The number of aryl methyl sites for hydroxylation is 1. The van der Waals surface area contributed by atoms with E-state index < -0.39 is 0 Å². The number of benzene rings is 1. The van der Waals surface area contributed by atoms with Gasteiger partial charge >= 0.3 is 4.87 Å². The van der Waals surface area contributed by atoms with Gasteiger partial charge in [0.05, 0.1) is 11.4 Å². The summed E-state index contributed by atoms with van der Waals surface area (Å²) in [5, 5.41) is 4.38. The van der Waals surface area contributed by atoms with Crippen molar-refractivity contribution in [3.8, 4) is 0 Å². The Hall–Kier alpha value is -2.08. The molecule has 1 heterocycles. The molecule has 1 aromatic heterocycles. The summed E-state index contributed by atoms with van der Waals surface area (Å²) >= 11 is 1.06. The van der Waals surface area contributed by atoms with Gasteiger partial charge in [0.2, 0.25) is 5.91 Å².